The van der Waals surface area contributed by atoms with Gasteiger partial charge in [-0.2, -0.15) is 0 Å². The Morgan fingerprint density at radius 2 is 2.17 bits per heavy atom. The van der Waals surface area contributed by atoms with E-state index < -0.39 is 0 Å². The first kappa shape index (κ1) is 15.0. The highest BCUT2D eigenvalue weighted by molar-refractivity contribution is 5.88. The number of methoxy groups -OCH3 is 1. The average Bonchev–Trinajstić information content (AvgIpc) is 2.76. The Kier molecular flexibility index (Phi) is 6.16. The predicted molar refractivity (Wildman–Crippen MR) is 70.1 cm³/mol. The maximum absolute atomic E-state index is 12.0. The molecule has 0 aromatic rings. The minimum absolute atomic E-state index is 0.105. The van der Waals surface area contributed by atoms with Gasteiger partial charge in [-0.25, -0.2) is 4.79 Å². The number of carbonyl (C=O) groups excluding carboxylic acids is 2. The zero-order valence-corrected chi connectivity index (χ0v) is 11.8. The molecule has 104 valence electrons. The maximum atomic E-state index is 12.0. The van der Waals surface area contributed by atoms with Gasteiger partial charge in [0.1, 0.15) is 6.04 Å². The van der Waals surface area contributed by atoms with E-state index in [1.54, 1.807) is 4.90 Å². The van der Waals surface area contributed by atoms with E-state index in [1.807, 2.05) is 0 Å². The molecule has 4 nitrogen and oxygen atoms in total. The first-order chi connectivity index (χ1) is 8.65. The van der Waals surface area contributed by atoms with Crippen molar-refractivity contribution in [3.8, 4) is 0 Å². The van der Waals surface area contributed by atoms with Crippen molar-refractivity contribution in [1.82, 2.24) is 4.90 Å². The molecule has 0 radical (unpaired) electrons. The minimum atomic E-state index is -0.353. The summed E-state index contributed by atoms with van der Waals surface area (Å²) in [6.07, 6.45) is 6.45. The predicted octanol–water partition coefficient (Wildman–Crippen LogP) is 2.51. The standard InChI is InChI=1S/C14H25NO3/c1-4-6-7-8-11(5-2)15-12(14(17)18-3)9-10-13(15)16/h11-12H,4-10H2,1-3H3. The normalized spacial score (nSPS) is 21.2. The molecule has 0 N–H and O–H groups in total. The number of carbonyl (C=O) groups is 2. The Balaban J connectivity index is 2.67. The lowest BCUT2D eigenvalue weighted by atomic mass is 10.0. The Hall–Kier alpha value is -1.06. The summed E-state index contributed by atoms with van der Waals surface area (Å²) < 4.78 is 4.80. The first-order valence-electron chi connectivity index (χ1n) is 7.04. The van der Waals surface area contributed by atoms with Crippen LogP contribution in [0.5, 0.6) is 0 Å². The van der Waals surface area contributed by atoms with Crippen LogP contribution in [0.3, 0.4) is 0 Å². The number of likely N-dealkylation sites (tertiary alicyclic amines) is 1. The van der Waals surface area contributed by atoms with Crippen LogP contribution in [0.4, 0.5) is 0 Å². The lowest BCUT2D eigenvalue weighted by Gasteiger charge is -2.31. The molecule has 1 amide bonds. The molecule has 0 bridgehead atoms. The lowest BCUT2D eigenvalue weighted by Crippen LogP contribution is -2.45. The molecule has 1 saturated heterocycles. The summed E-state index contributed by atoms with van der Waals surface area (Å²) in [5, 5.41) is 0. The van der Waals surface area contributed by atoms with Crippen LogP contribution in [0.15, 0.2) is 0 Å². The van der Waals surface area contributed by atoms with Gasteiger partial charge in [0, 0.05) is 12.5 Å². The average molecular weight is 255 g/mol. The molecule has 2 atom stereocenters. The molecule has 1 heterocycles. The monoisotopic (exact) mass is 255 g/mol. The van der Waals surface area contributed by atoms with Crippen molar-refractivity contribution in [2.24, 2.45) is 0 Å². The molecule has 0 spiro atoms. The third-order valence-corrected chi connectivity index (χ3v) is 3.73. The van der Waals surface area contributed by atoms with Gasteiger partial charge in [0.15, 0.2) is 0 Å². The number of unbranched alkanes of at least 4 members (excludes halogenated alkanes) is 2. The Morgan fingerprint density at radius 1 is 1.44 bits per heavy atom. The van der Waals surface area contributed by atoms with Crippen molar-refractivity contribution in [2.45, 2.75) is 70.9 Å². The minimum Gasteiger partial charge on any atom is -0.467 e. The number of rotatable bonds is 7. The fraction of sp³-hybridized carbons (Fsp3) is 0.857. The fourth-order valence-corrected chi connectivity index (χ4v) is 2.70. The van der Waals surface area contributed by atoms with Crippen molar-refractivity contribution in [3.63, 3.8) is 0 Å². The van der Waals surface area contributed by atoms with Crippen LogP contribution in [-0.4, -0.2) is 36.0 Å². The van der Waals surface area contributed by atoms with Crippen molar-refractivity contribution in [3.05, 3.63) is 0 Å². The van der Waals surface area contributed by atoms with Gasteiger partial charge >= 0.3 is 5.97 Å². The highest BCUT2D eigenvalue weighted by atomic mass is 16.5. The number of hydrogen-bond donors (Lipinski definition) is 0. The number of nitrogens with zero attached hydrogens (tertiary/aromatic N) is 1. The summed E-state index contributed by atoms with van der Waals surface area (Å²) in [5.41, 5.74) is 0. The summed E-state index contributed by atoms with van der Waals surface area (Å²) in [6.45, 7) is 4.25. The molecule has 0 aliphatic carbocycles. The molecular formula is C14H25NO3. The molecule has 0 saturated carbocycles. The Morgan fingerprint density at radius 3 is 2.72 bits per heavy atom. The van der Waals surface area contributed by atoms with Crippen LogP contribution in [0.25, 0.3) is 0 Å². The third-order valence-electron chi connectivity index (χ3n) is 3.73. The van der Waals surface area contributed by atoms with Crippen LogP contribution in [0, 0.1) is 0 Å². The lowest BCUT2D eigenvalue weighted by molar-refractivity contribution is -0.151. The van der Waals surface area contributed by atoms with Gasteiger partial charge in [0.25, 0.3) is 0 Å². The van der Waals surface area contributed by atoms with E-state index in [0.29, 0.717) is 12.8 Å². The summed E-state index contributed by atoms with van der Waals surface area (Å²) in [5.74, 6) is -0.163. The number of esters is 1. The molecule has 1 fully saturated rings. The highest BCUT2D eigenvalue weighted by Crippen LogP contribution is 2.26. The van der Waals surface area contributed by atoms with E-state index in [2.05, 4.69) is 13.8 Å². The Bertz CT molecular complexity index is 291. The van der Waals surface area contributed by atoms with Gasteiger partial charge in [-0.3, -0.25) is 4.79 Å². The van der Waals surface area contributed by atoms with E-state index in [9.17, 15) is 9.59 Å². The van der Waals surface area contributed by atoms with Gasteiger partial charge in [-0.05, 0) is 19.3 Å². The van der Waals surface area contributed by atoms with E-state index in [-0.39, 0.29) is 24.0 Å². The van der Waals surface area contributed by atoms with Gasteiger partial charge in [-0.15, -0.1) is 0 Å². The number of hydrogen-bond acceptors (Lipinski definition) is 3. The Labute approximate surface area is 110 Å². The quantitative estimate of drug-likeness (QED) is 0.518. The molecule has 0 aromatic carbocycles. The molecule has 1 aliphatic rings. The second kappa shape index (κ2) is 7.39. The fourth-order valence-electron chi connectivity index (χ4n) is 2.70. The van der Waals surface area contributed by atoms with E-state index in [0.717, 1.165) is 19.3 Å². The van der Waals surface area contributed by atoms with Crippen molar-refractivity contribution < 1.29 is 14.3 Å². The van der Waals surface area contributed by atoms with Gasteiger partial charge in [0.2, 0.25) is 5.91 Å². The molecule has 1 rings (SSSR count). The van der Waals surface area contributed by atoms with Crippen molar-refractivity contribution in [2.75, 3.05) is 7.11 Å². The van der Waals surface area contributed by atoms with E-state index in [1.165, 1.54) is 20.0 Å². The van der Waals surface area contributed by atoms with Crippen molar-refractivity contribution >= 4 is 11.9 Å². The second-order valence-electron chi connectivity index (χ2n) is 4.94. The van der Waals surface area contributed by atoms with Crippen LogP contribution >= 0.6 is 0 Å². The highest BCUT2D eigenvalue weighted by Gasteiger charge is 2.39. The van der Waals surface area contributed by atoms with E-state index >= 15 is 0 Å². The van der Waals surface area contributed by atoms with Crippen LogP contribution in [0.2, 0.25) is 0 Å². The maximum Gasteiger partial charge on any atom is 0.328 e. The van der Waals surface area contributed by atoms with Crippen LogP contribution < -0.4 is 0 Å². The molecule has 2 unspecified atom stereocenters. The van der Waals surface area contributed by atoms with Crippen molar-refractivity contribution in [1.29, 1.82) is 0 Å². The summed E-state index contributed by atoms with van der Waals surface area (Å²) in [4.78, 5) is 25.4. The van der Waals surface area contributed by atoms with Crippen LogP contribution in [-0.2, 0) is 14.3 Å². The zero-order chi connectivity index (χ0) is 13.5. The molecule has 4 heteroatoms. The van der Waals surface area contributed by atoms with Crippen LogP contribution in [0.1, 0.15) is 58.8 Å². The molecular weight excluding hydrogens is 230 g/mol. The second-order valence-corrected chi connectivity index (χ2v) is 4.94. The van der Waals surface area contributed by atoms with E-state index in [4.69, 9.17) is 4.74 Å². The summed E-state index contributed by atoms with van der Waals surface area (Å²) in [6, 6.07) is -0.162. The molecule has 0 aromatic heterocycles. The van der Waals surface area contributed by atoms with Gasteiger partial charge < -0.3 is 9.64 Å². The largest absolute Gasteiger partial charge is 0.467 e. The molecule has 18 heavy (non-hydrogen) atoms. The summed E-state index contributed by atoms with van der Waals surface area (Å²) >= 11 is 0. The summed E-state index contributed by atoms with van der Waals surface area (Å²) in [7, 11) is 1.39. The van der Waals surface area contributed by atoms with Gasteiger partial charge in [-0.1, -0.05) is 33.1 Å². The number of ether oxygens (including phenoxy) is 1. The number of amides is 1. The van der Waals surface area contributed by atoms with Gasteiger partial charge in [0.05, 0.1) is 7.11 Å². The first-order valence-corrected chi connectivity index (χ1v) is 7.04. The smallest absolute Gasteiger partial charge is 0.328 e. The SMILES string of the molecule is CCCCCC(CC)N1C(=O)CCC1C(=O)OC. The zero-order valence-electron chi connectivity index (χ0n) is 11.8. The molecule has 1 aliphatic heterocycles. The topological polar surface area (TPSA) is 46.6 Å². The third kappa shape index (κ3) is 3.47.